The number of rotatable bonds is 8. The second-order valence-corrected chi connectivity index (χ2v) is 3.25. The summed E-state index contributed by atoms with van der Waals surface area (Å²) in [5.41, 5.74) is 0. The molecule has 0 aromatic rings. The highest BCUT2D eigenvalue weighted by Gasteiger charge is 2.17. The van der Waals surface area contributed by atoms with Crippen molar-refractivity contribution in [3.8, 4) is 0 Å². The van der Waals surface area contributed by atoms with Crippen LogP contribution in [0.4, 0.5) is 0 Å². The molecule has 0 aliphatic carbocycles. The molecule has 0 amide bonds. The number of hydrogen-bond donors (Lipinski definition) is 2. The molecule has 0 saturated heterocycles. The summed E-state index contributed by atoms with van der Waals surface area (Å²) < 4.78 is 10.7. The van der Waals surface area contributed by atoms with E-state index in [1.807, 2.05) is 13.8 Å². The molecule has 0 aromatic carbocycles. The minimum Gasteiger partial charge on any atom is -0.396 e. The van der Waals surface area contributed by atoms with Crippen LogP contribution in [0.1, 0.15) is 26.7 Å². The lowest BCUT2D eigenvalue weighted by Crippen LogP contribution is -2.29. The Morgan fingerprint density at radius 2 is 1.31 bits per heavy atom. The van der Waals surface area contributed by atoms with E-state index in [0.717, 1.165) is 0 Å². The van der Waals surface area contributed by atoms with Crippen LogP contribution in [0.15, 0.2) is 0 Å². The smallest absolute Gasteiger partial charge is 0.162 e. The normalized spacial score (nSPS) is 12.0. The van der Waals surface area contributed by atoms with E-state index >= 15 is 0 Å². The molecule has 0 aliphatic rings. The number of hydrogen-bond acceptors (Lipinski definition) is 4. The first kappa shape index (κ1) is 12.8. The van der Waals surface area contributed by atoms with Crippen molar-refractivity contribution in [2.45, 2.75) is 32.5 Å². The van der Waals surface area contributed by atoms with Gasteiger partial charge in [-0.3, -0.25) is 0 Å². The molecule has 0 spiro atoms. The van der Waals surface area contributed by atoms with E-state index in [1.165, 1.54) is 0 Å². The van der Waals surface area contributed by atoms with Crippen LogP contribution in [0.3, 0.4) is 0 Å². The van der Waals surface area contributed by atoms with E-state index in [9.17, 15) is 0 Å². The van der Waals surface area contributed by atoms with Gasteiger partial charge in [-0.05, 0) is 26.7 Å². The van der Waals surface area contributed by atoms with Gasteiger partial charge in [0.2, 0.25) is 0 Å². The molecule has 0 atom stereocenters. The SMILES string of the molecule is CC(C)(OCCCO)OCCCO. The average Bonchev–Trinajstić information content (AvgIpc) is 2.05. The van der Waals surface area contributed by atoms with Crippen LogP contribution in [0, 0.1) is 0 Å². The first-order valence-corrected chi connectivity index (χ1v) is 4.62. The Hall–Kier alpha value is -0.160. The third-order valence-corrected chi connectivity index (χ3v) is 1.50. The van der Waals surface area contributed by atoms with Gasteiger partial charge < -0.3 is 19.7 Å². The van der Waals surface area contributed by atoms with Gasteiger partial charge in [0.05, 0.1) is 13.2 Å². The molecule has 0 saturated carbocycles. The molecule has 4 nitrogen and oxygen atoms in total. The van der Waals surface area contributed by atoms with Crippen molar-refractivity contribution in [1.29, 1.82) is 0 Å². The van der Waals surface area contributed by atoms with Crippen molar-refractivity contribution in [3.05, 3.63) is 0 Å². The Balaban J connectivity index is 3.42. The van der Waals surface area contributed by atoms with E-state index in [2.05, 4.69) is 0 Å². The van der Waals surface area contributed by atoms with Gasteiger partial charge in [-0.2, -0.15) is 0 Å². The molecular weight excluding hydrogens is 172 g/mol. The van der Waals surface area contributed by atoms with Crippen LogP contribution in [-0.4, -0.2) is 42.4 Å². The van der Waals surface area contributed by atoms with Gasteiger partial charge >= 0.3 is 0 Å². The fourth-order valence-corrected chi connectivity index (χ4v) is 0.807. The largest absolute Gasteiger partial charge is 0.396 e. The van der Waals surface area contributed by atoms with E-state index < -0.39 is 5.79 Å². The topological polar surface area (TPSA) is 58.9 Å². The van der Waals surface area contributed by atoms with Gasteiger partial charge in [0.1, 0.15) is 0 Å². The summed E-state index contributed by atoms with van der Waals surface area (Å²) in [4.78, 5) is 0. The summed E-state index contributed by atoms with van der Waals surface area (Å²) in [6.45, 7) is 4.88. The highest BCUT2D eigenvalue weighted by atomic mass is 16.7. The summed E-state index contributed by atoms with van der Waals surface area (Å²) in [5.74, 6) is -0.621. The zero-order valence-corrected chi connectivity index (χ0v) is 8.45. The lowest BCUT2D eigenvalue weighted by molar-refractivity contribution is -0.215. The zero-order chi connectivity index (χ0) is 10.2. The Morgan fingerprint density at radius 3 is 1.62 bits per heavy atom. The minimum atomic E-state index is -0.621. The molecule has 4 heteroatoms. The molecule has 2 N–H and O–H groups in total. The van der Waals surface area contributed by atoms with Crippen LogP contribution in [-0.2, 0) is 9.47 Å². The standard InChI is InChI=1S/C9H20O4/c1-9(2,12-7-3-5-10)13-8-4-6-11/h10-11H,3-8H2,1-2H3. The summed E-state index contributed by atoms with van der Waals surface area (Å²) in [5, 5.41) is 17.0. The molecule has 0 aromatic heterocycles. The predicted molar refractivity (Wildman–Crippen MR) is 49.4 cm³/mol. The lowest BCUT2D eigenvalue weighted by atomic mass is 10.3. The number of aliphatic hydroxyl groups excluding tert-OH is 2. The van der Waals surface area contributed by atoms with Gasteiger partial charge in [0, 0.05) is 13.2 Å². The van der Waals surface area contributed by atoms with Gasteiger partial charge in [0.25, 0.3) is 0 Å². The molecule has 0 radical (unpaired) electrons. The molecule has 0 unspecified atom stereocenters. The van der Waals surface area contributed by atoms with Crippen molar-refractivity contribution in [1.82, 2.24) is 0 Å². The molecule has 13 heavy (non-hydrogen) atoms. The Bertz CT molecular complexity index is 102. The maximum atomic E-state index is 8.52. The monoisotopic (exact) mass is 192 g/mol. The van der Waals surface area contributed by atoms with Gasteiger partial charge in [-0.25, -0.2) is 0 Å². The fraction of sp³-hybridized carbons (Fsp3) is 1.00. The van der Waals surface area contributed by atoms with Gasteiger partial charge in [0.15, 0.2) is 5.79 Å². The molecule has 0 rings (SSSR count). The summed E-state index contributed by atoms with van der Waals surface area (Å²) in [6.07, 6.45) is 1.24. The third-order valence-electron chi connectivity index (χ3n) is 1.50. The molecular formula is C9H20O4. The Kier molecular flexibility index (Phi) is 7.17. The van der Waals surface area contributed by atoms with Crippen molar-refractivity contribution < 1.29 is 19.7 Å². The van der Waals surface area contributed by atoms with Gasteiger partial charge in [-0.15, -0.1) is 0 Å². The Labute approximate surface area is 79.5 Å². The summed E-state index contributed by atoms with van der Waals surface area (Å²) in [6, 6.07) is 0. The van der Waals surface area contributed by atoms with Crippen molar-refractivity contribution in [2.75, 3.05) is 26.4 Å². The second-order valence-electron chi connectivity index (χ2n) is 3.25. The average molecular weight is 192 g/mol. The number of ether oxygens (including phenoxy) is 2. The van der Waals surface area contributed by atoms with Crippen molar-refractivity contribution in [3.63, 3.8) is 0 Å². The van der Waals surface area contributed by atoms with E-state index in [4.69, 9.17) is 19.7 Å². The van der Waals surface area contributed by atoms with E-state index in [1.54, 1.807) is 0 Å². The van der Waals surface area contributed by atoms with Crippen LogP contribution in [0.2, 0.25) is 0 Å². The third kappa shape index (κ3) is 8.18. The summed E-state index contributed by atoms with van der Waals surface area (Å²) >= 11 is 0. The molecule has 0 bridgehead atoms. The Morgan fingerprint density at radius 1 is 0.923 bits per heavy atom. The fourth-order valence-electron chi connectivity index (χ4n) is 0.807. The van der Waals surface area contributed by atoms with Crippen molar-refractivity contribution >= 4 is 0 Å². The molecule has 0 heterocycles. The predicted octanol–water partition coefficient (Wildman–Crippen LogP) is 0.520. The van der Waals surface area contributed by atoms with Crippen molar-refractivity contribution in [2.24, 2.45) is 0 Å². The molecule has 80 valence electrons. The van der Waals surface area contributed by atoms with Crippen LogP contribution in [0.5, 0.6) is 0 Å². The molecule has 0 fully saturated rings. The van der Waals surface area contributed by atoms with Gasteiger partial charge in [-0.1, -0.05) is 0 Å². The lowest BCUT2D eigenvalue weighted by Gasteiger charge is -2.25. The van der Waals surface area contributed by atoms with Crippen LogP contribution in [0.25, 0.3) is 0 Å². The zero-order valence-electron chi connectivity index (χ0n) is 8.45. The minimum absolute atomic E-state index is 0.132. The number of aliphatic hydroxyl groups is 2. The maximum Gasteiger partial charge on any atom is 0.162 e. The van der Waals surface area contributed by atoms with E-state index in [0.29, 0.717) is 26.1 Å². The van der Waals surface area contributed by atoms with E-state index in [-0.39, 0.29) is 13.2 Å². The first-order valence-electron chi connectivity index (χ1n) is 4.62. The van der Waals surface area contributed by atoms with Crippen LogP contribution < -0.4 is 0 Å². The highest BCUT2D eigenvalue weighted by molar-refractivity contribution is 4.53. The highest BCUT2D eigenvalue weighted by Crippen LogP contribution is 2.11. The first-order chi connectivity index (χ1) is 6.12. The summed E-state index contributed by atoms with van der Waals surface area (Å²) in [7, 11) is 0. The quantitative estimate of drug-likeness (QED) is 0.435. The maximum absolute atomic E-state index is 8.52. The second kappa shape index (κ2) is 7.26. The van der Waals surface area contributed by atoms with Crippen LogP contribution >= 0.6 is 0 Å². The molecule has 0 aliphatic heterocycles.